The van der Waals surface area contributed by atoms with Crippen LogP contribution in [0.4, 0.5) is 0 Å². The monoisotopic (exact) mass is 284 g/mol. The maximum absolute atomic E-state index is 11.5. The van der Waals surface area contributed by atoms with E-state index in [1.807, 2.05) is 24.3 Å². The molecule has 19 heavy (non-hydrogen) atoms. The number of carbonyl (C=O) groups is 1. The Morgan fingerprint density at radius 2 is 1.84 bits per heavy atom. The number of thiol groups is 1. The number of methoxy groups -OCH3 is 1. The minimum Gasteiger partial charge on any atom is -0.465 e. The van der Waals surface area contributed by atoms with Crippen LogP contribution in [0.3, 0.4) is 0 Å². The van der Waals surface area contributed by atoms with Gasteiger partial charge in [-0.25, -0.2) is 0 Å². The summed E-state index contributed by atoms with van der Waals surface area (Å²) in [7, 11) is 1.63. The molecule has 0 spiro atoms. The van der Waals surface area contributed by atoms with Crippen LogP contribution in [0.1, 0.15) is 12.0 Å². The van der Waals surface area contributed by atoms with Crippen LogP contribution in [-0.2, 0) is 25.4 Å². The van der Waals surface area contributed by atoms with Gasteiger partial charge in [0.1, 0.15) is 0 Å². The zero-order valence-corrected chi connectivity index (χ0v) is 12.0. The molecule has 0 N–H and O–H groups in total. The zero-order valence-electron chi connectivity index (χ0n) is 11.1. The number of benzene rings is 1. The van der Waals surface area contributed by atoms with Crippen LogP contribution in [0.25, 0.3) is 0 Å². The summed E-state index contributed by atoms with van der Waals surface area (Å²) in [4.78, 5) is 12.4. The first-order valence-corrected chi connectivity index (χ1v) is 6.67. The van der Waals surface area contributed by atoms with Crippen molar-refractivity contribution in [2.75, 3.05) is 33.5 Å². The van der Waals surface area contributed by atoms with Gasteiger partial charge in [0.25, 0.3) is 0 Å². The number of hydrogen-bond acceptors (Lipinski definition) is 5. The van der Waals surface area contributed by atoms with E-state index in [9.17, 15) is 4.79 Å². The van der Waals surface area contributed by atoms with Gasteiger partial charge in [-0.05, 0) is 17.7 Å². The predicted octanol–water partition coefficient (Wildman–Crippen LogP) is 2.11. The molecule has 0 aromatic heterocycles. The van der Waals surface area contributed by atoms with Gasteiger partial charge in [-0.2, -0.15) is 0 Å². The molecule has 106 valence electrons. The highest BCUT2D eigenvalue weighted by Gasteiger charge is 2.04. The Bertz CT molecular complexity index is 364. The van der Waals surface area contributed by atoms with Crippen LogP contribution in [0.5, 0.6) is 0 Å². The molecule has 1 aromatic carbocycles. The van der Waals surface area contributed by atoms with Crippen molar-refractivity contribution in [2.24, 2.45) is 0 Å². The van der Waals surface area contributed by atoms with Gasteiger partial charge in [-0.3, -0.25) is 4.79 Å². The Labute approximate surface area is 119 Å². The quantitative estimate of drug-likeness (QED) is 0.428. The van der Waals surface area contributed by atoms with Crippen LogP contribution in [0.15, 0.2) is 29.2 Å². The number of esters is 1. The highest BCUT2D eigenvalue weighted by atomic mass is 32.1. The van der Waals surface area contributed by atoms with E-state index in [-0.39, 0.29) is 5.97 Å². The van der Waals surface area contributed by atoms with Gasteiger partial charge in [-0.15, -0.1) is 12.6 Å². The second-order valence-corrected chi connectivity index (χ2v) is 4.54. The molecule has 1 aromatic rings. The first-order chi connectivity index (χ1) is 9.22. The van der Waals surface area contributed by atoms with Crippen molar-refractivity contribution >= 4 is 18.6 Å². The summed E-state index contributed by atoms with van der Waals surface area (Å²) in [6.45, 7) is 2.11. The van der Waals surface area contributed by atoms with Gasteiger partial charge in [0.15, 0.2) is 0 Å². The lowest BCUT2D eigenvalue weighted by Gasteiger charge is -2.06. The van der Waals surface area contributed by atoms with Crippen molar-refractivity contribution in [1.82, 2.24) is 0 Å². The van der Waals surface area contributed by atoms with Gasteiger partial charge in [-0.1, -0.05) is 12.1 Å². The molecule has 0 aliphatic rings. The summed E-state index contributed by atoms with van der Waals surface area (Å²) in [6, 6.07) is 7.46. The second kappa shape index (κ2) is 9.83. The average molecular weight is 284 g/mol. The fourth-order valence-electron chi connectivity index (χ4n) is 1.42. The molecule has 0 unspecified atom stereocenters. The lowest BCUT2D eigenvalue weighted by Crippen LogP contribution is -2.11. The fourth-order valence-corrected chi connectivity index (χ4v) is 1.57. The predicted molar refractivity (Wildman–Crippen MR) is 75.7 cm³/mol. The third-order valence-electron chi connectivity index (χ3n) is 2.41. The third kappa shape index (κ3) is 7.87. The van der Waals surface area contributed by atoms with Crippen LogP contribution >= 0.6 is 12.6 Å². The van der Waals surface area contributed by atoms with E-state index in [1.54, 1.807) is 7.11 Å². The molecule has 0 atom stereocenters. The first-order valence-electron chi connectivity index (χ1n) is 6.22. The van der Waals surface area contributed by atoms with E-state index < -0.39 is 0 Å². The van der Waals surface area contributed by atoms with Gasteiger partial charge in [0.2, 0.25) is 0 Å². The summed E-state index contributed by atoms with van der Waals surface area (Å²) in [5.74, 6) is -0.219. The molecule has 0 radical (unpaired) electrons. The Morgan fingerprint density at radius 3 is 2.53 bits per heavy atom. The van der Waals surface area contributed by atoms with Crippen molar-refractivity contribution in [1.29, 1.82) is 0 Å². The molecule has 0 aliphatic heterocycles. The van der Waals surface area contributed by atoms with Gasteiger partial charge in [0, 0.05) is 25.0 Å². The fraction of sp³-hybridized carbons (Fsp3) is 0.500. The SMILES string of the molecule is COCCOCCCOC(=O)Cc1ccc(S)cc1. The first kappa shape index (κ1) is 16.0. The summed E-state index contributed by atoms with van der Waals surface area (Å²) >= 11 is 4.19. The Kier molecular flexibility index (Phi) is 8.29. The third-order valence-corrected chi connectivity index (χ3v) is 2.71. The molecule has 4 nitrogen and oxygen atoms in total. The largest absolute Gasteiger partial charge is 0.465 e. The molecule has 0 saturated heterocycles. The average Bonchev–Trinajstić information content (AvgIpc) is 2.40. The Morgan fingerprint density at radius 1 is 1.11 bits per heavy atom. The standard InChI is InChI=1S/C14H20O4S/c1-16-9-10-17-7-2-8-18-14(15)11-12-3-5-13(19)6-4-12/h3-6,19H,2,7-11H2,1H3. The molecule has 0 bridgehead atoms. The molecular weight excluding hydrogens is 264 g/mol. The lowest BCUT2D eigenvalue weighted by atomic mass is 10.1. The van der Waals surface area contributed by atoms with Gasteiger partial charge < -0.3 is 14.2 Å². The lowest BCUT2D eigenvalue weighted by molar-refractivity contribution is -0.143. The van der Waals surface area contributed by atoms with Crippen molar-refractivity contribution in [3.8, 4) is 0 Å². The smallest absolute Gasteiger partial charge is 0.310 e. The van der Waals surface area contributed by atoms with Crippen LogP contribution < -0.4 is 0 Å². The molecule has 5 heteroatoms. The van der Waals surface area contributed by atoms with E-state index >= 15 is 0 Å². The normalized spacial score (nSPS) is 10.4. The highest BCUT2D eigenvalue weighted by Crippen LogP contribution is 2.08. The van der Waals surface area contributed by atoms with E-state index in [4.69, 9.17) is 14.2 Å². The molecule has 0 heterocycles. The molecule has 0 saturated carbocycles. The van der Waals surface area contributed by atoms with E-state index in [0.29, 0.717) is 39.3 Å². The molecule has 0 fully saturated rings. The van der Waals surface area contributed by atoms with Crippen molar-refractivity contribution in [3.05, 3.63) is 29.8 Å². The number of rotatable bonds is 9. The zero-order chi connectivity index (χ0) is 13.9. The Hall–Kier alpha value is -1.04. The van der Waals surface area contributed by atoms with E-state index in [1.165, 1.54) is 0 Å². The molecular formula is C14H20O4S. The number of hydrogen-bond donors (Lipinski definition) is 1. The van der Waals surface area contributed by atoms with Crippen LogP contribution in [0, 0.1) is 0 Å². The summed E-state index contributed by atoms with van der Waals surface area (Å²) in [6.07, 6.45) is 0.990. The van der Waals surface area contributed by atoms with Gasteiger partial charge >= 0.3 is 5.97 Å². The maximum atomic E-state index is 11.5. The minimum absolute atomic E-state index is 0.219. The Balaban J connectivity index is 2.06. The second-order valence-electron chi connectivity index (χ2n) is 4.02. The van der Waals surface area contributed by atoms with Crippen molar-refractivity contribution < 1.29 is 19.0 Å². The number of carbonyl (C=O) groups excluding carboxylic acids is 1. The van der Waals surface area contributed by atoms with Crippen molar-refractivity contribution in [2.45, 2.75) is 17.7 Å². The van der Waals surface area contributed by atoms with Crippen LogP contribution in [0.2, 0.25) is 0 Å². The summed E-state index contributed by atoms with van der Waals surface area (Å²) < 4.78 is 15.2. The van der Waals surface area contributed by atoms with E-state index in [0.717, 1.165) is 10.5 Å². The highest BCUT2D eigenvalue weighted by molar-refractivity contribution is 7.80. The molecule has 0 amide bonds. The van der Waals surface area contributed by atoms with Crippen molar-refractivity contribution in [3.63, 3.8) is 0 Å². The minimum atomic E-state index is -0.219. The summed E-state index contributed by atoms with van der Waals surface area (Å²) in [5, 5.41) is 0. The van der Waals surface area contributed by atoms with Crippen LogP contribution in [-0.4, -0.2) is 39.5 Å². The number of ether oxygens (including phenoxy) is 3. The van der Waals surface area contributed by atoms with Gasteiger partial charge in [0.05, 0.1) is 26.2 Å². The molecule has 1 rings (SSSR count). The topological polar surface area (TPSA) is 44.8 Å². The van der Waals surface area contributed by atoms with E-state index in [2.05, 4.69) is 12.6 Å². The molecule has 0 aliphatic carbocycles. The maximum Gasteiger partial charge on any atom is 0.310 e. The summed E-state index contributed by atoms with van der Waals surface area (Å²) in [5.41, 5.74) is 0.930.